The van der Waals surface area contributed by atoms with E-state index >= 15 is 0 Å². The molecule has 0 spiro atoms. The summed E-state index contributed by atoms with van der Waals surface area (Å²) >= 11 is 0. The van der Waals surface area contributed by atoms with Gasteiger partial charge in [-0.2, -0.15) is 4.57 Å². The highest BCUT2D eigenvalue weighted by Gasteiger charge is 2.16. The second-order valence-corrected chi connectivity index (χ2v) is 5.77. The van der Waals surface area contributed by atoms with Crippen LogP contribution in [0.1, 0.15) is 37.0 Å². The zero-order chi connectivity index (χ0) is 16.5. The van der Waals surface area contributed by atoms with Crippen LogP contribution in [-0.4, -0.2) is 25.5 Å². The molecule has 1 unspecified atom stereocenters. The van der Waals surface area contributed by atoms with Gasteiger partial charge in [-0.3, -0.25) is 9.59 Å². The van der Waals surface area contributed by atoms with Crippen molar-refractivity contribution >= 4 is 11.9 Å². The minimum Gasteiger partial charge on any atom is -0.405 e. The molecule has 0 fully saturated rings. The Morgan fingerprint density at radius 2 is 2.14 bits per heavy atom. The number of rotatable bonds is 8. The van der Waals surface area contributed by atoms with Crippen LogP contribution in [0.3, 0.4) is 0 Å². The van der Waals surface area contributed by atoms with Crippen LogP contribution in [0.4, 0.5) is 0 Å². The number of pyridine rings is 1. The largest absolute Gasteiger partial charge is 0.405 e. The van der Waals surface area contributed by atoms with Crippen molar-refractivity contribution in [2.24, 2.45) is 17.6 Å². The fourth-order valence-corrected chi connectivity index (χ4v) is 2.25. The van der Waals surface area contributed by atoms with E-state index in [0.717, 1.165) is 6.42 Å². The number of aromatic nitrogens is 1. The van der Waals surface area contributed by atoms with Gasteiger partial charge in [0.05, 0.1) is 0 Å². The number of carbonyl (C=O) groups is 2. The summed E-state index contributed by atoms with van der Waals surface area (Å²) in [6, 6.07) is 3.43. The van der Waals surface area contributed by atoms with Crippen molar-refractivity contribution in [3.8, 4) is 0 Å². The van der Waals surface area contributed by atoms with Crippen molar-refractivity contribution < 1.29 is 18.9 Å². The predicted molar refractivity (Wildman–Crippen MR) is 82.7 cm³/mol. The predicted octanol–water partition coefficient (Wildman–Crippen LogP) is 0.846. The Labute approximate surface area is 131 Å². The molecule has 0 aromatic carbocycles. The molecular formula is C16H26N3O3+. The maximum atomic E-state index is 11.9. The van der Waals surface area contributed by atoms with Crippen LogP contribution in [0.15, 0.2) is 24.5 Å². The summed E-state index contributed by atoms with van der Waals surface area (Å²) in [5.41, 5.74) is 6.20. The van der Waals surface area contributed by atoms with Crippen molar-refractivity contribution in [1.29, 1.82) is 0 Å². The third-order valence-corrected chi connectivity index (χ3v) is 3.32. The Morgan fingerprint density at radius 3 is 2.73 bits per heavy atom. The van der Waals surface area contributed by atoms with E-state index in [4.69, 9.17) is 10.5 Å². The van der Waals surface area contributed by atoms with E-state index in [2.05, 4.69) is 19.2 Å². The molecular weight excluding hydrogens is 282 g/mol. The fraction of sp³-hybridized carbons (Fsp3) is 0.562. The molecule has 1 aromatic heterocycles. The molecule has 1 amide bonds. The lowest BCUT2D eigenvalue weighted by atomic mass is 9.94. The molecule has 0 radical (unpaired) electrons. The monoisotopic (exact) mass is 308 g/mol. The molecule has 0 aliphatic carbocycles. The van der Waals surface area contributed by atoms with Gasteiger partial charge in [-0.05, 0) is 30.9 Å². The number of nitrogens with zero attached hydrogens (tertiary/aromatic N) is 1. The molecule has 0 aliphatic rings. The molecule has 1 atom stereocenters. The van der Waals surface area contributed by atoms with E-state index in [-0.39, 0.29) is 24.5 Å². The summed E-state index contributed by atoms with van der Waals surface area (Å²) in [5, 5.41) is 2.55. The van der Waals surface area contributed by atoms with Crippen LogP contribution in [-0.2, 0) is 16.3 Å². The lowest BCUT2D eigenvalue weighted by Crippen LogP contribution is -2.37. The normalized spacial score (nSPS) is 12.0. The second kappa shape index (κ2) is 9.15. The van der Waals surface area contributed by atoms with Gasteiger partial charge in [-0.1, -0.05) is 13.8 Å². The van der Waals surface area contributed by atoms with E-state index in [9.17, 15) is 9.59 Å². The molecule has 122 valence electrons. The number of nitrogens with two attached hydrogens (primary N) is 1. The lowest BCUT2D eigenvalue weighted by molar-refractivity contribution is -0.727. The lowest BCUT2D eigenvalue weighted by Gasteiger charge is -2.15. The SMILES string of the molecule is CNC(=O)c1ccc[n+](COC(=O)CC(CN)CC(C)C)c1. The van der Waals surface area contributed by atoms with Crippen molar-refractivity contribution in [1.82, 2.24) is 5.32 Å². The van der Waals surface area contributed by atoms with Gasteiger partial charge in [0, 0.05) is 19.5 Å². The quantitative estimate of drug-likeness (QED) is 0.550. The van der Waals surface area contributed by atoms with Gasteiger partial charge < -0.3 is 15.8 Å². The number of esters is 1. The minimum atomic E-state index is -0.269. The first-order valence-electron chi connectivity index (χ1n) is 7.53. The molecule has 3 N–H and O–H groups in total. The Balaban J connectivity index is 2.51. The van der Waals surface area contributed by atoms with E-state index in [1.807, 2.05) is 0 Å². The maximum absolute atomic E-state index is 11.9. The standard InChI is InChI=1S/C16H25N3O3/c1-12(2)7-13(9-17)8-15(20)22-11-19-6-4-5-14(10-19)16(21)18-3/h4-6,10,12-13H,7-9,11,17H2,1-3H3/p+1. The summed E-state index contributed by atoms with van der Waals surface area (Å²) in [7, 11) is 1.57. The molecule has 1 rings (SSSR count). The molecule has 0 bridgehead atoms. The van der Waals surface area contributed by atoms with Crippen LogP contribution >= 0.6 is 0 Å². The molecule has 1 aromatic rings. The van der Waals surface area contributed by atoms with E-state index in [1.165, 1.54) is 0 Å². The minimum absolute atomic E-state index is 0.0860. The zero-order valence-corrected chi connectivity index (χ0v) is 13.5. The van der Waals surface area contributed by atoms with Crippen LogP contribution in [0, 0.1) is 11.8 Å². The number of hydrogen-bond acceptors (Lipinski definition) is 4. The molecule has 0 saturated carbocycles. The number of carbonyl (C=O) groups excluding carboxylic acids is 2. The molecule has 1 heterocycles. The molecule has 0 aliphatic heterocycles. The van der Waals surface area contributed by atoms with E-state index in [0.29, 0.717) is 24.4 Å². The summed E-state index contributed by atoms with van der Waals surface area (Å²) < 4.78 is 6.90. The summed E-state index contributed by atoms with van der Waals surface area (Å²) in [5.74, 6) is 0.199. The van der Waals surface area contributed by atoms with Gasteiger partial charge in [0.15, 0.2) is 12.4 Å². The summed E-state index contributed by atoms with van der Waals surface area (Å²) in [6.45, 7) is 4.78. The van der Waals surface area contributed by atoms with Crippen molar-refractivity contribution in [2.75, 3.05) is 13.6 Å². The topological polar surface area (TPSA) is 85.3 Å². The summed E-state index contributed by atoms with van der Waals surface area (Å²) in [6.07, 6.45) is 4.62. The number of ether oxygens (including phenoxy) is 1. The Kier molecular flexibility index (Phi) is 7.52. The first kappa shape index (κ1) is 18.1. The van der Waals surface area contributed by atoms with E-state index < -0.39 is 0 Å². The number of nitrogens with one attached hydrogen (secondary N) is 1. The third kappa shape index (κ3) is 6.22. The van der Waals surface area contributed by atoms with Crippen LogP contribution in [0.25, 0.3) is 0 Å². The van der Waals surface area contributed by atoms with Crippen LogP contribution in [0.2, 0.25) is 0 Å². The number of hydrogen-bond donors (Lipinski definition) is 2. The first-order valence-corrected chi connectivity index (χ1v) is 7.53. The molecule has 6 nitrogen and oxygen atoms in total. The Hall–Kier alpha value is -1.95. The van der Waals surface area contributed by atoms with Crippen LogP contribution in [0.5, 0.6) is 0 Å². The average molecular weight is 308 g/mol. The highest BCUT2D eigenvalue weighted by atomic mass is 16.5. The Bertz CT molecular complexity index is 503. The van der Waals surface area contributed by atoms with Gasteiger partial charge in [-0.25, -0.2) is 0 Å². The molecule has 0 saturated heterocycles. The van der Waals surface area contributed by atoms with Gasteiger partial charge >= 0.3 is 5.97 Å². The highest BCUT2D eigenvalue weighted by molar-refractivity contribution is 5.93. The fourth-order valence-electron chi connectivity index (χ4n) is 2.25. The van der Waals surface area contributed by atoms with Gasteiger partial charge in [0.1, 0.15) is 5.56 Å². The van der Waals surface area contributed by atoms with Crippen molar-refractivity contribution in [2.45, 2.75) is 33.4 Å². The Morgan fingerprint density at radius 1 is 1.41 bits per heavy atom. The van der Waals surface area contributed by atoms with Crippen LogP contribution < -0.4 is 15.6 Å². The van der Waals surface area contributed by atoms with Gasteiger partial charge in [0.2, 0.25) is 0 Å². The zero-order valence-electron chi connectivity index (χ0n) is 13.5. The molecule has 6 heteroatoms. The second-order valence-electron chi connectivity index (χ2n) is 5.77. The summed E-state index contributed by atoms with van der Waals surface area (Å²) in [4.78, 5) is 23.4. The smallest absolute Gasteiger partial charge is 0.310 e. The third-order valence-electron chi connectivity index (χ3n) is 3.32. The van der Waals surface area contributed by atoms with Gasteiger partial charge in [0.25, 0.3) is 12.6 Å². The molecule has 22 heavy (non-hydrogen) atoms. The van der Waals surface area contributed by atoms with Crippen molar-refractivity contribution in [3.63, 3.8) is 0 Å². The van der Waals surface area contributed by atoms with E-state index in [1.54, 1.807) is 36.1 Å². The van der Waals surface area contributed by atoms with Gasteiger partial charge in [-0.15, -0.1) is 0 Å². The number of amides is 1. The van der Waals surface area contributed by atoms with Crippen molar-refractivity contribution in [3.05, 3.63) is 30.1 Å². The maximum Gasteiger partial charge on any atom is 0.310 e. The highest BCUT2D eigenvalue weighted by Crippen LogP contribution is 2.14. The average Bonchev–Trinajstić information content (AvgIpc) is 2.51. The first-order chi connectivity index (χ1) is 10.5.